The summed E-state index contributed by atoms with van der Waals surface area (Å²) in [5.74, 6) is 0.157. The van der Waals surface area contributed by atoms with Crippen molar-refractivity contribution in [1.29, 1.82) is 0 Å². The number of ether oxygens (including phenoxy) is 1. The van der Waals surface area contributed by atoms with Crippen molar-refractivity contribution < 1.29 is 9.53 Å². The van der Waals surface area contributed by atoms with Crippen molar-refractivity contribution in [3.8, 4) is 0 Å². The maximum Gasteiger partial charge on any atom is 0.311 e. The van der Waals surface area contributed by atoms with Gasteiger partial charge in [-0.3, -0.25) is 14.6 Å². The Hall–Kier alpha value is -1.85. The molecule has 6 nitrogen and oxygen atoms in total. The second-order valence-electron chi connectivity index (χ2n) is 4.01. The summed E-state index contributed by atoms with van der Waals surface area (Å²) in [5.41, 5.74) is 0.211. The minimum absolute atomic E-state index is 0.0290. The summed E-state index contributed by atoms with van der Waals surface area (Å²) >= 11 is 0. The second kappa shape index (κ2) is 4.99. The van der Waals surface area contributed by atoms with Gasteiger partial charge in [0, 0.05) is 19.2 Å². The van der Waals surface area contributed by atoms with Gasteiger partial charge in [-0.2, -0.15) is 0 Å². The largest absolute Gasteiger partial charge is 0.469 e. The lowest BCUT2D eigenvalue weighted by molar-refractivity contribution is -0.139. The van der Waals surface area contributed by atoms with E-state index in [9.17, 15) is 9.59 Å². The van der Waals surface area contributed by atoms with Gasteiger partial charge in [-0.15, -0.1) is 0 Å². The summed E-state index contributed by atoms with van der Waals surface area (Å²) in [4.78, 5) is 31.6. The zero-order chi connectivity index (χ0) is 12.3. The van der Waals surface area contributed by atoms with Crippen LogP contribution in [-0.4, -0.2) is 36.1 Å². The summed E-state index contributed by atoms with van der Waals surface area (Å²) in [5, 5.41) is 0. The van der Waals surface area contributed by atoms with Gasteiger partial charge in [0.05, 0.1) is 19.2 Å². The maximum absolute atomic E-state index is 11.5. The highest BCUT2D eigenvalue weighted by Crippen LogP contribution is 2.14. The van der Waals surface area contributed by atoms with Gasteiger partial charge in [0.1, 0.15) is 0 Å². The number of anilines is 1. The Bertz CT molecular complexity index is 463. The minimum atomic E-state index is -0.393. The highest BCUT2D eigenvalue weighted by Gasteiger charge is 2.16. The average Bonchev–Trinajstić information content (AvgIpc) is 2.81. The lowest BCUT2D eigenvalue weighted by Crippen LogP contribution is -2.25. The van der Waals surface area contributed by atoms with E-state index in [1.165, 1.54) is 13.2 Å². The van der Waals surface area contributed by atoms with Crippen LogP contribution in [0.15, 0.2) is 10.9 Å². The molecular weight excluding hydrogens is 222 g/mol. The SMILES string of the molecule is COC(=O)Cc1cc(=O)[nH]c(N2CCCC2)n1. The third-order valence-electron chi connectivity index (χ3n) is 2.74. The molecule has 6 heteroatoms. The van der Waals surface area contributed by atoms with E-state index in [4.69, 9.17) is 0 Å². The van der Waals surface area contributed by atoms with Crippen LogP contribution in [0.1, 0.15) is 18.5 Å². The first-order valence-corrected chi connectivity index (χ1v) is 5.61. The lowest BCUT2D eigenvalue weighted by atomic mass is 10.3. The third kappa shape index (κ3) is 2.83. The summed E-state index contributed by atoms with van der Waals surface area (Å²) in [7, 11) is 1.32. The Kier molecular flexibility index (Phi) is 3.41. The zero-order valence-corrected chi connectivity index (χ0v) is 9.73. The van der Waals surface area contributed by atoms with Crippen LogP contribution in [0.25, 0.3) is 0 Å². The Morgan fingerprint density at radius 1 is 1.53 bits per heavy atom. The van der Waals surface area contributed by atoms with Crippen LogP contribution in [0.4, 0.5) is 5.95 Å². The third-order valence-corrected chi connectivity index (χ3v) is 2.74. The van der Waals surface area contributed by atoms with Gasteiger partial charge in [0.2, 0.25) is 5.95 Å². The van der Waals surface area contributed by atoms with Crippen LogP contribution in [0.3, 0.4) is 0 Å². The molecule has 0 saturated carbocycles. The smallest absolute Gasteiger partial charge is 0.311 e. The number of H-pyrrole nitrogens is 1. The van der Waals surface area contributed by atoms with Crippen LogP contribution in [0, 0.1) is 0 Å². The van der Waals surface area contributed by atoms with Crippen molar-refractivity contribution in [3.05, 3.63) is 22.1 Å². The van der Waals surface area contributed by atoms with E-state index >= 15 is 0 Å². The normalized spacial score (nSPS) is 15.0. The van der Waals surface area contributed by atoms with E-state index < -0.39 is 5.97 Å². The van der Waals surface area contributed by atoms with Gasteiger partial charge in [0.15, 0.2) is 0 Å². The van der Waals surface area contributed by atoms with Crippen molar-refractivity contribution in [3.63, 3.8) is 0 Å². The Balaban J connectivity index is 2.22. The molecule has 1 fully saturated rings. The summed E-state index contributed by atoms with van der Waals surface area (Å²) < 4.78 is 4.55. The number of nitrogens with zero attached hydrogens (tertiary/aromatic N) is 2. The molecule has 1 aliphatic rings. The first-order chi connectivity index (χ1) is 8.19. The molecule has 1 N–H and O–H groups in total. The number of methoxy groups -OCH3 is 1. The molecule has 0 amide bonds. The van der Waals surface area contributed by atoms with Gasteiger partial charge in [-0.05, 0) is 12.8 Å². The van der Waals surface area contributed by atoms with Crippen molar-refractivity contribution in [2.75, 3.05) is 25.1 Å². The molecule has 0 radical (unpaired) electrons. The summed E-state index contributed by atoms with van der Waals surface area (Å²) in [6.45, 7) is 1.79. The highest BCUT2D eigenvalue weighted by atomic mass is 16.5. The van der Waals surface area contributed by atoms with Crippen LogP contribution >= 0.6 is 0 Å². The van der Waals surface area contributed by atoms with Crippen LogP contribution < -0.4 is 10.5 Å². The molecular formula is C11H15N3O3. The number of aromatic amines is 1. The molecule has 1 aromatic heterocycles. The van der Waals surface area contributed by atoms with Crippen LogP contribution in [0.5, 0.6) is 0 Å². The first kappa shape index (κ1) is 11.6. The van der Waals surface area contributed by atoms with Gasteiger partial charge < -0.3 is 9.64 Å². The fourth-order valence-corrected chi connectivity index (χ4v) is 1.88. The number of carbonyl (C=O) groups excluding carboxylic acids is 1. The molecule has 0 bridgehead atoms. The second-order valence-corrected chi connectivity index (χ2v) is 4.01. The quantitative estimate of drug-likeness (QED) is 0.754. The zero-order valence-electron chi connectivity index (χ0n) is 9.73. The highest BCUT2D eigenvalue weighted by molar-refractivity contribution is 5.71. The molecule has 0 atom stereocenters. The molecule has 2 heterocycles. The molecule has 1 saturated heterocycles. The van der Waals surface area contributed by atoms with Crippen molar-refractivity contribution in [2.24, 2.45) is 0 Å². The number of hydrogen-bond acceptors (Lipinski definition) is 5. The molecule has 2 rings (SSSR count). The van der Waals surface area contributed by atoms with E-state index in [0.29, 0.717) is 11.6 Å². The molecule has 0 spiro atoms. The van der Waals surface area contributed by atoms with Crippen LogP contribution in [0.2, 0.25) is 0 Å². The minimum Gasteiger partial charge on any atom is -0.469 e. The predicted molar refractivity (Wildman–Crippen MR) is 62.0 cm³/mol. The standard InChI is InChI=1S/C11H15N3O3/c1-17-10(16)7-8-6-9(15)13-11(12-8)14-4-2-3-5-14/h6H,2-5,7H2,1H3,(H,12,13,15). The van der Waals surface area contributed by atoms with E-state index in [1.54, 1.807) is 0 Å². The Labute approximate surface area is 98.6 Å². The summed E-state index contributed by atoms with van der Waals surface area (Å²) in [6, 6.07) is 1.33. The number of hydrogen-bond donors (Lipinski definition) is 1. The first-order valence-electron chi connectivity index (χ1n) is 5.61. The average molecular weight is 237 g/mol. The van der Waals surface area contributed by atoms with E-state index in [0.717, 1.165) is 25.9 Å². The number of nitrogens with one attached hydrogen (secondary N) is 1. The molecule has 92 valence electrons. The monoisotopic (exact) mass is 237 g/mol. The van der Waals surface area contributed by atoms with Gasteiger partial charge in [-0.1, -0.05) is 0 Å². The Morgan fingerprint density at radius 2 is 2.24 bits per heavy atom. The maximum atomic E-state index is 11.5. The van der Waals surface area contributed by atoms with Gasteiger partial charge >= 0.3 is 5.97 Å². The van der Waals surface area contributed by atoms with E-state index in [1.807, 2.05) is 4.90 Å². The fraction of sp³-hybridized carbons (Fsp3) is 0.545. The van der Waals surface area contributed by atoms with E-state index in [-0.39, 0.29) is 12.0 Å². The lowest BCUT2D eigenvalue weighted by Gasteiger charge is -2.15. The fourth-order valence-electron chi connectivity index (χ4n) is 1.88. The predicted octanol–water partition coefficient (Wildman–Crippen LogP) is 0.0856. The molecule has 0 unspecified atom stereocenters. The van der Waals surface area contributed by atoms with Crippen molar-refractivity contribution in [2.45, 2.75) is 19.3 Å². The number of esters is 1. The number of carbonyl (C=O) groups is 1. The number of aromatic nitrogens is 2. The number of rotatable bonds is 3. The van der Waals surface area contributed by atoms with E-state index in [2.05, 4.69) is 14.7 Å². The molecule has 0 aromatic carbocycles. The van der Waals surface area contributed by atoms with Crippen molar-refractivity contribution in [1.82, 2.24) is 9.97 Å². The topological polar surface area (TPSA) is 75.3 Å². The molecule has 1 aromatic rings. The van der Waals surface area contributed by atoms with Gasteiger partial charge in [-0.25, -0.2) is 4.98 Å². The Morgan fingerprint density at radius 3 is 2.88 bits per heavy atom. The van der Waals surface area contributed by atoms with Gasteiger partial charge in [0.25, 0.3) is 5.56 Å². The summed E-state index contributed by atoms with van der Waals surface area (Å²) in [6.07, 6.45) is 2.23. The molecule has 17 heavy (non-hydrogen) atoms. The molecule has 1 aliphatic heterocycles. The van der Waals surface area contributed by atoms with Crippen LogP contribution in [-0.2, 0) is 16.0 Å². The molecule has 0 aliphatic carbocycles. The van der Waals surface area contributed by atoms with Crippen molar-refractivity contribution >= 4 is 11.9 Å².